The zero-order valence-electron chi connectivity index (χ0n) is 12.6. The molecule has 0 radical (unpaired) electrons. The predicted molar refractivity (Wildman–Crippen MR) is 86.0 cm³/mol. The van der Waals surface area contributed by atoms with Crippen LogP contribution in [0.2, 0.25) is 0 Å². The Balaban J connectivity index is 1.81. The number of carbonyl (C=O) groups excluding carboxylic acids is 1. The van der Waals surface area contributed by atoms with Crippen LogP contribution in [-0.2, 0) is 10.2 Å². The molecule has 1 aliphatic heterocycles. The molecule has 1 amide bonds. The van der Waals surface area contributed by atoms with Crippen LogP contribution in [0.1, 0.15) is 29.8 Å². The van der Waals surface area contributed by atoms with Gasteiger partial charge in [0.1, 0.15) is 0 Å². The molecule has 0 atom stereocenters. The number of rotatable bonds is 4. The number of nitrogens with zero attached hydrogens (tertiary/aromatic N) is 1. The van der Waals surface area contributed by atoms with Gasteiger partial charge in [-0.1, -0.05) is 36.8 Å². The van der Waals surface area contributed by atoms with Crippen LogP contribution in [0, 0.1) is 0 Å². The summed E-state index contributed by atoms with van der Waals surface area (Å²) in [6.07, 6.45) is 4.01. The summed E-state index contributed by atoms with van der Waals surface area (Å²) in [5.74, 6) is -0.754. The molecule has 2 aromatic rings. The van der Waals surface area contributed by atoms with Gasteiger partial charge < -0.3 is 4.42 Å². The average Bonchev–Trinajstić information content (AvgIpc) is 3.06. The quantitative estimate of drug-likeness (QED) is 0.931. The summed E-state index contributed by atoms with van der Waals surface area (Å²) in [5.41, 5.74) is 1.36. The van der Waals surface area contributed by atoms with E-state index in [0.29, 0.717) is 18.7 Å². The Morgan fingerprint density at radius 3 is 2.43 bits per heavy atom. The normalized spacial score (nSPS) is 16.2. The van der Waals surface area contributed by atoms with Crippen LogP contribution in [0.15, 0.2) is 47.1 Å². The number of piperidine rings is 1. The lowest BCUT2D eigenvalue weighted by atomic mass is 10.1. The molecular weight excluding hydrogens is 316 g/mol. The molecule has 23 heavy (non-hydrogen) atoms. The molecule has 1 fully saturated rings. The second-order valence-corrected chi connectivity index (χ2v) is 7.10. The van der Waals surface area contributed by atoms with E-state index in [-0.39, 0.29) is 5.76 Å². The van der Waals surface area contributed by atoms with Crippen molar-refractivity contribution in [1.29, 1.82) is 0 Å². The van der Waals surface area contributed by atoms with Crippen molar-refractivity contribution in [3.05, 3.63) is 48.4 Å². The molecule has 0 saturated carbocycles. The van der Waals surface area contributed by atoms with E-state index in [2.05, 4.69) is 4.72 Å². The van der Waals surface area contributed by atoms with E-state index in [1.165, 1.54) is 10.6 Å². The monoisotopic (exact) mass is 334 g/mol. The fraction of sp³-hybridized carbons (Fsp3) is 0.312. The summed E-state index contributed by atoms with van der Waals surface area (Å²) in [5, 5.41) is 0. The van der Waals surface area contributed by atoms with Crippen molar-refractivity contribution in [2.75, 3.05) is 13.1 Å². The van der Waals surface area contributed by atoms with Gasteiger partial charge in [0.2, 0.25) is 0 Å². The summed E-state index contributed by atoms with van der Waals surface area (Å²) in [4.78, 5) is 12.3. The molecule has 7 heteroatoms. The van der Waals surface area contributed by atoms with Crippen molar-refractivity contribution >= 4 is 16.1 Å². The highest BCUT2D eigenvalue weighted by Gasteiger charge is 2.28. The third-order valence-corrected chi connectivity index (χ3v) is 5.32. The van der Waals surface area contributed by atoms with Gasteiger partial charge in [0.05, 0.1) is 6.26 Å². The number of benzene rings is 1. The fourth-order valence-electron chi connectivity index (χ4n) is 2.66. The van der Waals surface area contributed by atoms with Crippen LogP contribution >= 0.6 is 0 Å². The lowest BCUT2D eigenvalue weighted by Gasteiger charge is -2.25. The number of furan rings is 1. The van der Waals surface area contributed by atoms with Gasteiger partial charge in [0.25, 0.3) is 0 Å². The summed E-state index contributed by atoms with van der Waals surface area (Å²) < 4.78 is 33.2. The maximum absolute atomic E-state index is 12.3. The standard InChI is InChI=1S/C16H18N2O4S/c19-16(17-23(20,21)18-10-5-2-6-11-18)15-14(9-12-22-15)13-7-3-1-4-8-13/h1,3-4,7-9,12H,2,5-6,10-11H2,(H,17,19). The van der Waals surface area contributed by atoms with Gasteiger partial charge >= 0.3 is 16.1 Å². The zero-order chi connectivity index (χ0) is 16.3. The van der Waals surface area contributed by atoms with Gasteiger partial charge in [-0.2, -0.15) is 12.7 Å². The second-order valence-electron chi connectivity index (χ2n) is 5.43. The van der Waals surface area contributed by atoms with E-state index in [4.69, 9.17) is 4.42 Å². The topological polar surface area (TPSA) is 79.6 Å². The maximum Gasteiger partial charge on any atom is 0.304 e. The van der Waals surface area contributed by atoms with Crippen molar-refractivity contribution in [2.45, 2.75) is 19.3 Å². The minimum Gasteiger partial charge on any atom is -0.458 e. The van der Waals surface area contributed by atoms with Crippen molar-refractivity contribution in [3.63, 3.8) is 0 Å². The molecule has 122 valence electrons. The summed E-state index contributed by atoms with van der Waals surface area (Å²) in [6.45, 7) is 0.874. The molecule has 1 aliphatic rings. The van der Waals surface area contributed by atoms with Crippen LogP contribution in [0.25, 0.3) is 11.1 Å². The largest absolute Gasteiger partial charge is 0.458 e. The molecule has 3 rings (SSSR count). The summed E-state index contributed by atoms with van der Waals surface area (Å²) >= 11 is 0. The average molecular weight is 334 g/mol. The van der Waals surface area contributed by atoms with Crippen LogP contribution in [0.3, 0.4) is 0 Å². The molecule has 1 aromatic carbocycles. The Morgan fingerprint density at radius 1 is 1.04 bits per heavy atom. The van der Waals surface area contributed by atoms with Crippen LogP contribution < -0.4 is 4.72 Å². The SMILES string of the molecule is O=C(NS(=O)(=O)N1CCCCC1)c1occc1-c1ccccc1. The molecule has 1 N–H and O–H groups in total. The molecule has 1 aromatic heterocycles. The van der Waals surface area contributed by atoms with E-state index in [1.54, 1.807) is 6.07 Å². The third kappa shape index (κ3) is 3.46. The predicted octanol–water partition coefficient (Wildman–Crippen LogP) is 2.41. The lowest BCUT2D eigenvalue weighted by molar-refractivity contribution is 0.0952. The van der Waals surface area contributed by atoms with E-state index in [0.717, 1.165) is 24.8 Å². The first-order valence-corrected chi connectivity index (χ1v) is 8.97. The fourth-order valence-corrected chi connectivity index (χ4v) is 3.86. The van der Waals surface area contributed by atoms with Crippen LogP contribution in [-0.4, -0.2) is 31.7 Å². The second kappa shape index (κ2) is 6.55. The number of amides is 1. The first kappa shape index (κ1) is 15.8. The van der Waals surface area contributed by atoms with Gasteiger partial charge in [-0.3, -0.25) is 4.79 Å². The van der Waals surface area contributed by atoms with Gasteiger partial charge in [0, 0.05) is 18.7 Å². The molecular formula is C16H18N2O4S. The molecule has 0 spiro atoms. The first-order chi connectivity index (χ1) is 11.1. The Hall–Kier alpha value is -2.12. The van der Waals surface area contributed by atoms with E-state index in [9.17, 15) is 13.2 Å². The minimum atomic E-state index is -3.83. The highest BCUT2D eigenvalue weighted by Crippen LogP contribution is 2.25. The molecule has 6 nitrogen and oxygen atoms in total. The molecule has 0 bridgehead atoms. The Bertz CT molecular complexity index is 777. The number of hydrogen-bond donors (Lipinski definition) is 1. The molecule has 2 heterocycles. The molecule has 1 saturated heterocycles. The van der Waals surface area contributed by atoms with E-state index in [1.807, 2.05) is 30.3 Å². The number of nitrogens with one attached hydrogen (secondary N) is 1. The Labute approximate surface area is 135 Å². The minimum absolute atomic E-state index is 0.00298. The number of hydrogen-bond acceptors (Lipinski definition) is 4. The summed E-state index contributed by atoms with van der Waals surface area (Å²) in [7, 11) is -3.83. The van der Waals surface area contributed by atoms with Crippen molar-refractivity contribution in [1.82, 2.24) is 9.03 Å². The molecule has 0 unspecified atom stereocenters. The number of carbonyl (C=O) groups is 1. The first-order valence-electron chi connectivity index (χ1n) is 7.53. The van der Waals surface area contributed by atoms with Gasteiger partial charge in [-0.15, -0.1) is 0 Å². The van der Waals surface area contributed by atoms with Crippen LogP contribution in [0.4, 0.5) is 0 Å². The van der Waals surface area contributed by atoms with E-state index >= 15 is 0 Å². The zero-order valence-corrected chi connectivity index (χ0v) is 13.4. The lowest BCUT2D eigenvalue weighted by Crippen LogP contribution is -2.45. The van der Waals surface area contributed by atoms with Gasteiger partial charge in [-0.05, 0) is 24.5 Å². The van der Waals surface area contributed by atoms with Crippen molar-refractivity contribution in [3.8, 4) is 11.1 Å². The smallest absolute Gasteiger partial charge is 0.304 e. The van der Waals surface area contributed by atoms with Crippen molar-refractivity contribution < 1.29 is 17.6 Å². The third-order valence-electron chi connectivity index (χ3n) is 3.83. The van der Waals surface area contributed by atoms with Gasteiger partial charge in [0.15, 0.2) is 5.76 Å². The van der Waals surface area contributed by atoms with Gasteiger partial charge in [-0.25, -0.2) is 4.72 Å². The Kier molecular flexibility index (Phi) is 4.49. The van der Waals surface area contributed by atoms with E-state index < -0.39 is 16.1 Å². The molecule has 0 aliphatic carbocycles. The van der Waals surface area contributed by atoms with Crippen molar-refractivity contribution in [2.24, 2.45) is 0 Å². The van der Waals surface area contributed by atoms with Crippen LogP contribution in [0.5, 0.6) is 0 Å². The Morgan fingerprint density at radius 2 is 1.74 bits per heavy atom. The highest BCUT2D eigenvalue weighted by atomic mass is 32.2. The maximum atomic E-state index is 12.3. The highest BCUT2D eigenvalue weighted by molar-refractivity contribution is 7.87. The summed E-state index contributed by atoms with van der Waals surface area (Å²) in [6, 6.07) is 10.9.